The zero-order valence-corrected chi connectivity index (χ0v) is 16.5. The summed E-state index contributed by atoms with van der Waals surface area (Å²) in [6.07, 6.45) is 1.64. The number of hydrogen-bond donors (Lipinski definition) is 2. The number of carbonyl (C=O) groups excluding carboxylic acids is 1. The molecular weight excluding hydrogens is 362 g/mol. The van der Waals surface area contributed by atoms with Crippen LogP contribution in [0.15, 0.2) is 66.7 Å². The fraction of sp³-hybridized carbons (Fsp3) is 0.167. The lowest BCUT2D eigenvalue weighted by molar-refractivity contribution is 0.102. The first-order valence-electron chi connectivity index (χ1n) is 9.60. The quantitative estimate of drug-likeness (QED) is 0.495. The molecule has 0 radical (unpaired) electrons. The average molecular weight is 385 g/mol. The molecule has 1 heterocycles. The molecule has 0 aliphatic rings. The fourth-order valence-corrected chi connectivity index (χ4v) is 3.33. The minimum atomic E-state index is -0.159. The summed E-state index contributed by atoms with van der Waals surface area (Å²) in [4.78, 5) is 20.6. The van der Waals surface area contributed by atoms with E-state index in [1.165, 1.54) is 5.56 Å². The summed E-state index contributed by atoms with van der Waals surface area (Å²) in [7, 11) is 1.59. The molecule has 4 aromatic rings. The summed E-state index contributed by atoms with van der Waals surface area (Å²) in [6, 6.07) is 21.3. The van der Waals surface area contributed by atoms with Gasteiger partial charge in [0.15, 0.2) is 0 Å². The minimum Gasteiger partial charge on any atom is -0.497 e. The number of benzene rings is 3. The van der Waals surface area contributed by atoms with Crippen LogP contribution in [0.25, 0.3) is 11.0 Å². The third-order valence-corrected chi connectivity index (χ3v) is 4.85. The van der Waals surface area contributed by atoms with Crippen molar-refractivity contribution in [1.82, 2.24) is 9.97 Å². The average Bonchev–Trinajstić information content (AvgIpc) is 3.14. The molecular formula is C24H23N3O2. The molecule has 0 bridgehead atoms. The lowest BCUT2D eigenvalue weighted by atomic mass is 10.1. The van der Waals surface area contributed by atoms with Crippen LogP contribution in [0, 0.1) is 6.92 Å². The van der Waals surface area contributed by atoms with Gasteiger partial charge in [0.05, 0.1) is 18.1 Å². The number of hydrogen-bond acceptors (Lipinski definition) is 3. The second-order valence-electron chi connectivity index (χ2n) is 7.09. The molecule has 0 aliphatic heterocycles. The van der Waals surface area contributed by atoms with Gasteiger partial charge in [0, 0.05) is 17.7 Å². The molecule has 146 valence electrons. The van der Waals surface area contributed by atoms with Crippen molar-refractivity contribution in [3.8, 4) is 5.75 Å². The molecule has 3 aromatic carbocycles. The SMILES string of the molecule is COc1cccc(C(=O)Nc2cccc(CCc3nc4ccc(C)cc4[nH]3)c2)c1. The topological polar surface area (TPSA) is 67.0 Å². The van der Waals surface area contributed by atoms with Crippen molar-refractivity contribution in [2.45, 2.75) is 19.8 Å². The van der Waals surface area contributed by atoms with Crippen molar-refractivity contribution < 1.29 is 9.53 Å². The number of ether oxygens (including phenoxy) is 1. The predicted molar refractivity (Wildman–Crippen MR) is 116 cm³/mol. The van der Waals surface area contributed by atoms with Gasteiger partial charge in [-0.15, -0.1) is 0 Å². The van der Waals surface area contributed by atoms with Crippen molar-refractivity contribution in [1.29, 1.82) is 0 Å². The Morgan fingerprint density at radius 2 is 1.90 bits per heavy atom. The van der Waals surface area contributed by atoms with Crippen LogP contribution in [0.3, 0.4) is 0 Å². The number of nitrogens with zero attached hydrogens (tertiary/aromatic N) is 1. The molecule has 2 N–H and O–H groups in total. The lowest BCUT2D eigenvalue weighted by Crippen LogP contribution is -2.12. The van der Waals surface area contributed by atoms with E-state index in [0.29, 0.717) is 11.3 Å². The molecule has 4 rings (SSSR count). The van der Waals surface area contributed by atoms with E-state index < -0.39 is 0 Å². The fourth-order valence-electron chi connectivity index (χ4n) is 3.33. The number of H-pyrrole nitrogens is 1. The van der Waals surface area contributed by atoms with E-state index in [9.17, 15) is 4.79 Å². The Hall–Kier alpha value is -3.60. The Morgan fingerprint density at radius 3 is 2.76 bits per heavy atom. The van der Waals surface area contributed by atoms with Gasteiger partial charge < -0.3 is 15.0 Å². The number of fused-ring (bicyclic) bond motifs is 1. The number of methoxy groups -OCH3 is 1. The van der Waals surface area contributed by atoms with E-state index in [4.69, 9.17) is 4.74 Å². The molecule has 0 saturated carbocycles. The predicted octanol–water partition coefficient (Wildman–Crippen LogP) is 4.92. The second-order valence-corrected chi connectivity index (χ2v) is 7.09. The lowest BCUT2D eigenvalue weighted by Gasteiger charge is -2.08. The van der Waals surface area contributed by atoms with Crippen LogP contribution in [0.1, 0.15) is 27.3 Å². The molecule has 0 atom stereocenters. The van der Waals surface area contributed by atoms with Crippen LogP contribution in [0.5, 0.6) is 5.75 Å². The Labute approximate surface area is 169 Å². The van der Waals surface area contributed by atoms with Crippen LogP contribution in [0.2, 0.25) is 0 Å². The maximum atomic E-state index is 12.5. The summed E-state index contributed by atoms with van der Waals surface area (Å²) >= 11 is 0. The number of aromatic nitrogens is 2. The molecule has 0 saturated heterocycles. The van der Waals surface area contributed by atoms with Gasteiger partial charge in [-0.1, -0.05) is 24.3 Å². The van der Waals surface area contributed by atoms with Crippen molar-refractivity contribution in [2.75, 3.05) is 12.4 Å². The molecule has 1 amide bonds. The van der Waals surface area contributed by atoms with Crippen LogP contribution in [-0.4, -0.2) is 23.0 Å². The summed E-state index contributed by atoms with van der Waals surface area (Å²) in [5.74, 6) is 1.47. The van der Waals surface area contributed by atoms with E-state index in [-0.39, 0.29) is 5.91 Å². The van der Waals surface area contributed by atoms with Crippen molar-refractivity contribution in [3.63, 3.8) is 0 Å². The van der Waals surface area contributed by atoms with Crippen LogP contribution in [0.4, 0.5) is 5.69 Å². The highest BCUT2D eigenvalue weighted by molar-refractivity contribution is 6.04. The number of aryl methyl sites for hydroxylation is 3. The number of carbonyl (C=O) groups is 1. The van der Waals surface area contributed by atoms with Crippen LogP contribution in [-0.2, 0) is 12.8 Å². The van der Waals surface area contributed by atoms with Crippen molar-refractivity contribution >= 4 is 22.6 Å². The van der Waals surface area contributed by atoms with Crippen LogP contribution < -0.4 is 10.1 Å². The van der Waals surface area contributed by atoms with Crippen molar-refractivity contribution in [2.24, 2.45) is 0 Å². The van der Waals surface area contributed by atoms with Gasteiger partial charge in [-0.25, -0.2) is 4.98 Å². The number of anilines is 1. The highest BCUT2D eigenvalue weighted by Gasteiger charge is 2.08. The van der Waals surface area contributed by atoms with E-state index >= 15 is 0 Å². The van der Waals surface area contributed by atoms with Crippen molar-refractivity contribution in [3.05, 3.63) is 89.2 Å². The third kappa shape index (κ3) is 4.46. The third-order valence-electron chi connectivity index (χ3n) is 4.85. The number of amides is 1. The molecule has 1 aromatic heterocycles. The minimum absolute atomic E-state index is 0.159. The van der Waals surface area contributed by atoms with Gasteiger partial charge >= 0.3 is 0 Å². The molecule has 0 spiro atoms. The molecule has 5 nitrogen and oxygen atoms in total. The first kappa shape index (κ1) is 18.7. The molecule has 0 unspecified atom stereocenters. The summed E-state index contributed by atoms with van der Waals surface area (Å²) in [6.45, 7) is 2.07. The van der Waals surface area contributed by atoms with Gasteiger partial charge in [0.25, 0.3) is 5.91 Å². The van der Waals surface area contributed by atoms with Crippen LogP contribution >= 0.6 is 0 Å². The molecule has 0 fully saturated rings. The van der Waals surface area contributed by atoms with Gasteiger partial charge in [-0.3, -0.25) is 4.79 Å². The Kier molecular flexibility index (Phi) is 5.29. The zero-order chi connectivity index (χ0) is 20.2. The zero-order valence-electron chi connectivity index (χ0n) is 16.5. The number of aromatic amines is 1. The number of rotatable bonds is 6. The monoisotopic (exact) mass is 385 g/mol. The van der Waals surface area contributed by atoms with E-state index in [1.54, 1.807) is 25.3 Å². The highest BCUT2D eigenvalue weighted by Crippen LogP contribution is 2.18. The first-order chi connectivity index (χ1) is 14.1. The Bertz CT molecular complexity index is 1160. The Balaban J connectivity index is 1.43. The standard InChI is InChI=1S/C24H23N3O2/c1-16-9-11-21-22(13-16)27-23(26-21)12-10-17-5-3-7-19(14-17)25-24(28)18-6-4-8-20(15-18)29-2/h3-9,11,13-15H,10,12H2,1-2H3,(H,25,28)(H,26,27). The summed E-state index contributed by atoms with van der Waals surface area (Å²) in [5.41, 5.74) is 5.75. The maximum Gasteiger partial charge on any atom is 0.255 e. The van der Waals surface area contributed by atoms with Gasteiger partial charge in [0.1, 0.15) is 11.6 Å². The molecule has 5 heteroatoms. The largest absolute Gasteiger partial charge is 0.497 e. The van der Waals surface area contributed by atoms with Gasteiger partial charge in [0.2, 0.25) is 0 Å². The van der Waals surface area contributed by atoms with E-state index in [2.05, 4.69) is 40.4 Å². The van der Waals surface area contributed by atoms with Gasteiger partial charge in [-0.05, 0) is 66.9 Å². The Morgan fingerprint density at radius 1 is 1.03 bits per heavy atom. The molecule has 29 heavy (non-hydrogen) atoms. The normalized spacial score (nSPS) is 10.8. The molecule has 0 aliphatic carbocycles. The smallest absolute Gasteiger partial charge is 0.255 e. The number of nitrogens with one attached hydrogen (secondary N) is 2. The number of imidazole rings is 1. The van der Waals surface area contributed by atoms with E-state index in [0.717, 1.165) is 41.0 Å². The second kappa shape index (κ2) is 8.19. The summed E-state index contributed by atoms with van der Waals surface area (Å²) in [5, 5.41) is 2.96. The maximum absolute atomic E-state index is 12.5. The van der Waals surface area contributed by atoms with Gasteiger partial charge in [-0.2, -0.15) is 0 Å². The first-order valence-corrected chi connectivity index (χ1v) is 9.60. The summed E-state index contributed by atoms with van der Waals surface area (Å²) < 4.78 is 5.19. The van der Waals surface area contributed by atoms with E-state index in [1.807, 2.05) is 30.3 Å². The highest BCUT2D eigenvalue weighted by atomic mass is 16.5.